The van der Waals surface area contributed by atoms with Crippen molar-refractivity contribution in [2.45, 2.75) is 26.7 Å². The zero-order valence-corrected chi connectivity index (χ0v) is 16.3. The van der Waals surface area contributed by atoms with Gasteiger partial charge in [-0.1, -0.05) is 35.9 Å². The van der Waals surface area contributed by atoms with Gasteiger partial charge in [0.1, 0.15) is 5.75 Å². The normalized spacial score (nSPS) is 10.8. The summed E-state index contributed by atoms with van der Waals surface area (Å²) in [6, 6.07) is 13.3. The van der Waals surface area contributed by atoms with E-state index in [9.17, 15) is 9.90 Å². The average molecular weight is 382 g/mol. The van der Waals surface area contributed by atoms with E-state index in [0.717, 1.165) is 26.7 Å². The third kappa shape index (κ3) is 4.72. The molecule has 4 N–H and O–H groups in total. The highest BCUT2D eigenvalue weighted by atomic mass is 32.1. The summed E-state index contributed by atoms with van der Waals surface area (Å²) in [5.74, 6) is -0.143. The minimum atomic E-state index is -0.188. The molecule has 2 aromatic carbocycles. The summed E-state index contributed by atoms with van der Waals surface area (Å²) in [5.41, 5.74) is 9.98. The molecule has 1 aromatic heterocycles. The maximum atomic E-state index is 12.6. The number of phenols is 1. The molecule has 3 aromatic rings. The number of phenolic OH excluding ortho intramolecular Hbond substituents is 1. The molecule has 0 saturated heterocycles. The molecule has 0 aliphatic heterocycles. The van der Waals surface area contributed by atoms with E-state index < -0.39 is 0 Å². The van der Waals surface area contributed by atoms with Crippen LogP contribution in [0.25, 0.3) is 11.3 Å². The van der Waals surface area contributed by atoms with Gasteiger partial charge in [0, 0.05) is 10.4 Å². The summed E-state index contributed by atoms with van der Waals surface area (Å²) in [4.78, 5) is 18.1. The topological polar surface area (TPSA) is 88.2 Å². The van der Waals surface area contributed by atoms with Gasteiger partial charge in [-0.15, -0.1) is 11.3 Å². The van der Waals surface area contributed by atoms with Crippen LogP contribution in [0.4, 0.5) is 5.69 Å². The summed E-state index contributed by atoms with van der Waals surface area (Å²) in [6.07, 6.45) is 0.893. The van der Waals surface area contributed by atoms with Crippen molar-refractivity contribution >= 4 is 22.9 Å². The van der Waals surface area contributed by atoms with Crippen LogP contribution in [0.1, 0.15) is 21.0 Å². The van der Waals surface area contributed by atoms with Gasteiger partial charge in [0.25, 0.3) is 0 Å². The lowest BCUT2D eigenvalue weighted by Gasteiger charge is -2.09. The van der Waals surface area contributed by atoms with Gasteiger partial charge in [-0.05, 0) is 44.5 Å². The van der Waals surface area contributed by atoms with Crippen LogP contribution in [0, 0.1) is 13.8 Å². The van der Waals surface area contributed by atoms with Crippen LogP contribution >= 0.6 is 11.3 Å². The number of amides is 1. The van der Waals surface area contributed by atoms with Gasteiger partial charge in [0.2, 0.25) is 5.91 Å². The standard InChI is InChI=1S/C21H23N3O2S/c1-13-3-6-16(7-4-13)21-19(27-14(2)23-21)12-20(26)24-17-11-15(9-10-22)5-8-18(17)25/h3-8,11,25H,9-10,12,22H2,1-2H3,(H,24,26). The molecule has 0 unspecified atom stereocenters. The molecule has 0 saturated carbocycles. The number of hydrogen-bond acceptors (Lipinski definition) is 5. The number of rotatable bonds is 6. The minimum absolute atomic E-state index is 0.0448. The van der Waals surface area contributed by atoms with E-state index in [1.807, 2.05) is 38.1 Å². The van der Waals surface area contributed by atoms with E-state index in [2.05, 4.69) is 10.3 Å². The lowest BCUT2D eigenvalue weighted by Crippen LogP contribution is -2.14. The number of nitrogens with zero attached hydrogens (tertiary/aromatic N) is 1. The predicted molar refractivity (Wildman–Crippen MR) is 110 cm³/mol. The monoisotopic (exact) mass is 381 g/mol. The Hall–Kier alpha value is -2.70. The second-order valence-corrected chi connectivity index (χ2v) is 7.77. The zero-order valence-electron chi connectivity index (χ0n) is 15.5. The van der Waals surface area contributed by atoms with Crippen LogP contribution in [-0.2, 0) is 17.6 Å². The van der Waals surface area contributed by atoms with Gasteiger partial charge >= 0.3 is 0 Å². The number of nitrogens with two attached hydrogens (primary N) is 1. The average Bonchev–Trinajstić information content (AvgIpc) is 2.99. The van der Waals surface area contributed by atoms with Crippen LogP contribution in [0.5, 0.6) is 5.75 Å². The number of aryl methyl sites for hydroxylation is 2. The fourth-order valence-electron chi connectivity index (χ4n) is 2.87. The van der Waals surface area contributed by atoms with Crippen LogP contribution in [0.15, 0.2) is 42.5 Å². The SMILES string of the molecule is Cc1ccc(-c2nc(C)sc2CC(=O)Nc2cc(CCN)ccc2O)cc1. The van der Waals surface area contributed by atoms with E-state index >= 15 is 0 Å². The molecule has 0 atom stereocenters. The van der Waals surface area contributed by atoms with Gasteiger partial charge in [-0.2, -0.15) is 0 Å². The van der Waals surface area contributed by atoms with Gasteiger partial charge in [-0.3, -0.25) is 4.79 Å². The minimum Gasteiger partial charge on any atom is -0.506 e. The highest BCUT2D eigenvalue weighted by Crippen LogP contribution is 2.30. The van der Waals surface area contributed by atoms with Crippen molar-refractivity contribution in [3.63, 3.8) is 0 Å². The molecule has 0 aliphatic carbocycles. The summed E-state index contributed by atoms with van der Waals surface area (Å²) < 4.78 is 0. The maximum absolute atomic E-state index is 12.6. The predicted octanol–water partition coefficient (Wildman–Crippen LogP) is 3.81. The molecule has 0 fully saturated rings. The number of anilines is 1. The largest absolute Gasteiger partial charge is 0.506 e. The highest BCUT2D eigenvalue weighted by molar-refractivity contribution is 7.12. The summed E-state index contributed by atoms with van der Waals surface area (Å²) >= 11 is 1.52. The smallest absolute Gasteiger partial charge is 0.229 e. The number of carbonyl (C=O) groups is 1. The molecule has 140 valence electrons. The van der Waals surface area contributed by atoms with Crippen LogP contribution < -0.4 is 11.1 Å². The van der Waals surface area contributed by atoms with Crippen LogP contribution in [-0.4, -0.2) is 22.5 Å². The molecule has 6 heteroatoms. The Morgan fingerprint density at radius 2 is 1.93 bits per heavy atom. The van der Waals surface area contributed by atoms with E-state index in [1.54, 1.807) is 18.2 Å². The Kier molecular flexibility index (Phi) is 5.88. The lowest BCUT2D eigenvalue weighted by atomic mass is 10.1. The zero-order chi connectivity index (χ0) is 19.4. The van der Waals surface area contributed by atoms with Crippen LogP contribution in [0.2, 0.25) is 0 Å². The summed E-state index contributed by atoms with van der Waals surface area (Å²) in [6.45, 7) is 4.49. The first-order valence-corrected chi connectivity index (χ1v) is 9.63. The van der Waals surface area contributed by atoms with Crippen molar-refractivity contribution in [1.82, 2.24) is 4.98 Å². The Labute approximate surface area is 162 Å². The molecule has 5 nitrogen and oxygen atoms in total. The number of carbonyl (C=O) groups excluding carboxylic acids is 1. The van der Waals surface area contributed by atoms with Gasteiger partial charge in [0.15, 0.2) is 0 Å². The lowest BCUT2D eigenvalue weighted by molar-refractivity contribution is -0.115. The van der Waals surface area contributed by atoms with Crippen molar-refractivity contribution in [3.8, 4) is 17.0 Å². The quantitative estimate of drug-likeness (QED) is 0.567. The number of aromatic hydroxyl groups is 1. The molecular weight excluding hydrogens is 358 g/mol. The van der Waals surface area contributed by atoms with Gasteiger partial charge in [-0.25, -0.2) is 4.98 Å². The van der Waals surface area contributed by atoms with Crippen molar-refractivity contribution in [3.05, 3.63) is 63.5 Å². The number of hydrogen-bond donors (Lipinski definition) is 3. The fourth-order valence-corrected chi connectivity index (χ4v) is 3.83. The van der Waals surface area contributed by atoms with E-state index in [4.69, 9.17) is 5.73 Å². The number of aromatic nitrogens is 1. The second kappa shape index (κ2) is 8.33. The molecule has 0 spiro atoms. The van der Waals surface area contributed by atoms with Crippen molar-refractivity contribution in [1.29, 1.82) is 0 Å². The van der Waals surface area contributed by atoms with Crippen molar-refractivity contribution in [2.75, 3.05) is 11.9 Å². The molecule has 0 radical (unpaired) electrons. The van der Waals surface area contributed by atoms with E-state index in [1.165, 1.54) is 16.9 Å². The van der Waals surface area contributed by atoms with Gasteiger partial charge < -0.3 is 16.2 Å². The maximum Gasteiger partial charge on any atom is 0.229 e. The first kappa shape index (κ1) is 19.1. The summed E-state index contributed by atoms with van der Waals surface area (Å²) in [7, 11) is 0. The summed E-state index contributed by atoms with van der Waals surface area (Å²) in [5, 5.41) is 13.7. The second-order valence-electron chi connectivity index (χ2n) is 6.49. The molecule has 0 bridgehead atoms. The van der Waals surface area contributed by atoms with Crippen molar-refractivity contribution in [2.24, 2.45) is 5.73 Å². The van der Waals surface area contributed by atoms with E-state index in [0.29, 0.717) is 18.7 Å². The molecule has 1 amide bonds. The number of thiazole rings is 1. The molecule has 27 heavy (non-hydrogen) atoms. The number of benzene rings is 2. The first-order chi connectivity index (χ1) is 13.0. The van der Waals surface area contributed by atoms with Crippen LogP contribution in [0.3, 0.4) is 0 Å². The third-order valence-electron chi connectivity index (χ3n) is 4.22. The van der Waals surface area contributed by atoms with E-state index in [-0.39, 0.29) is 18.1 Å². The van der Waals surface area contributed by atoms with Crippen molar-refractivity contribution < 1.29 is 9.90 Å². The number of nitrogens with one attached hydrogen (secondary N) is 1. The Balaban J connectivity index is 1.79. The first-order valence-electron chi connectivity index (χ1n) is 8.81. The Morgan fingerprint density at radius 3 is 2.63 bits per heavy atom. The Morgan fingerprint density at radius 1 is 1.19 bits per heavy atom. The fraction of sp³-hybridized carbons (Fsp3) is 0.238. The molecular formula is C21H23N3O2S. The van der Waals surface area contributed by atoms with Gasteiger partial charge in [0.05, 0.1) is 22.8 Å². The molecule has 1 heterocycles. The molecule has 0 aliphatic rings. The highest BCUT2D eigenvalue weighted by Gasteiger charge is 2.16. The Bertz CT molecular complexity index is 949. The third-order valence-corrected chi connectivity index (χ3v) is 5.19. The molecule has 3 rings (SSSR count).